The molecular weight excluding hydrogens is 238 g/mol. The number of benzene rings is 1. The summed E-state index contributed by atoms with van der Waals surface area (Å²) < 4.78 is 0. The van der Waals surface area contributed by atoms with E-state index in [9.17, 15) is 4.79 Å². The molecule has 0 saturated carbocycles. The molecule has 1 fully saturated rings. The van der Waals surface area contributed by atoms with Gasteiger partial charge in [-0.3, -0.25) is 0 Å². The molecule has 0 atom stereocenters. The zero-order valence-corrected chi connectivity index (χ0v) is 11.6. The zero-order chi connectivity index (χ0) is 13.5. The van der Waals surface area contributed by atoms with Crippen LogP contribution in [-0.2, 0) is 6.42 Å². The molecule has 1 saturated heterocycles. The summed E-state index contributed by atoms with van der Waals surface area (Å²) in [6, 6.07) is 10.5. The van der Waals surface area contributed by atoms with E-state index in [2.05, 4.69) is 34.7 Å². The van der Waals surface area contributed by atoms with Crippen LogP contribution in [0.25, 0.3) is 0 Å². The second kappa shape index (κ2) is 7.14. The Bertz CT molecular complexity index is 386. The van der Waals surface area contributed by atoms with Crippen LogP contribution in [0.2, 0.25) is 0 Å². The second-order valence-electron chi connectivity index (χ2n) is 5.21. The normalized spacial score (nSPS) is 17.1. The van der Waals surface area contributed by atoms with Crippen molar-refractivity contribution in [3.8, 4) is 0 Å². The average Bonchev–Trinajstić information content (AvgIpc) is 2.43. The van der Waals surface area contributed by atoms with Crippen molar-refractivity contribution < 1.29 is 4.79 Å². The molecule has 1 aliphatic heterocycles. The van der Waals surface area contributed by atoms with Gasteiger partial charge in [0.05, 0.1) is 0 Å². The fourth-order valence-corrected chi connectivity index (χ4v) is 2.35. The number of amides is 2. The second-order valence-corrected chi connectivity index (χ2v) is 5.21. The molecule has 19 heavy (non-hydrogen) atoms. The summed E-state index contributed by atoms with van der Waals surface area (Å²) in [5, 5.41) is 5.97. The van der Waals surface area contributed by atoms with Gasteiger partial charge in [0.1, 0.15) is 0 Å². The first-order valence-electron chi connectivity index (χ1n) is 7.01. The highest BCUT2D eigenvalue weighted by atomic mass is 16.2. The van der Waals surface area contributed by atoms with E-state index in [1.165, 1.54) is 5.56 Å². The summed E-state index contributed by atoms with van der Waals surface area (Å²) in [5.41, 5.74) is 1.25. The summed E-state index contributed by atoms with van der Waals surface area (Å²) in [4.78, 5) is 14.0. The first-order chi connectivity index (χ1) is 9.24. The Morgan fingerprint density at radius 2 is 1.95 bits per heavy atom. The predicted molar refractivity (Wildman–Crippen MR) is 77.2 cm³/mol. The zero-order valence-electron chi connectivity index (χ0n) is 11.6. The van der Waals surface area contributed by atoms with Crippen molar-refractivity contribution in [2.45, 2.75) is 25.3 Å². The number of rotatable bonds is 4. The Balaban J connectivity index is 1.62. The molecule has 0 aromatic heterocycles. The fourth-order valence-electron chi connectivity index (χ4n) is 2.35. The number of carbonyl (C=O) groups excluding carboxylic acids is 1. The van der Waals surface area contributed by atoms with Crippen LogP contribution in [-0.4, -0.2) is 43.7 Å². The van der Waals surface area contributed by atoms with E-state index in [1.54, 1.807) is 0 Å². The average molecular weight is 261 g/mol. The van der Waals surface area contributed by atoms with E-state index in [0.29, 0.717) is 12.6 Å². The Morgan fingerprint density at radius 1 is 1.26 bits per heavy atom. The molecule has 0 aliphatic carbocycles. The third kappa shape index (κ3) is 4.91. The number of carbonyl (C=O) groups is 1. The van der Waals surface area contributed by atoms with Gasteiger partial charge in [-0.25, -0.2) is 4.79 Å². The summed E-state index contributed by atoms with van der Waals surface area (Å²) in [6.07, 6.45) is 2.97. The molecule has 4 nitrogen and oxygen atoms in total. The largest absolute Gasteiger partial charge is 0.338 e. The van der Waals surface area contributed by atoms with Crippen molar-refractivity contribution in [1.29, 1.82) is 0 Å². The fraction of sp³-hybridized carbons (Fsp3) is 0.533. The maximum Gasteiger partial charge on any atom is 0.315 e. The Hall–Kier alpha value is -1.55. The third-order valence-corrected chi connectivity index (χ3v) is 3.60. The Morgan fingerprint density at radius 3 is 2.63 bits per heavy atom. The van der Waals surface area contributed by atoms with Crippen LogP contribution >= 0.6 is 0 Å². The number of piperidine rings is 1. The van der Waals surface area contributed by atoms with Crippen LogP contribution in [0.1, 0.15) is 18.4 Å². The van der Waals surface area contributed by atoms with Gasteiger partial charge in [-0.2, -0.15) is 0 Å². The van der Waals surface area contributed by atoms with Gasteiger partial charge in [-0.1, -0.05) is 30.3 Å². The van der Waals surface area contributed by atoms with E-state index in [0.717, 1.165) is 32.4 Å². The number of hydrogen-bond donors (Lipinski definition) is 2. The van der Waals surface area contributed by atoms with Crippen LogP contribution in [0.3, 0.4) is 0 Å². The molecule has 0 bridgehead atoms. The van der Waals surface area contributed by atoms with Crippen LogP contribution in [0.5, 0.6) is 0 Å². The quantitative estimate of drug-likeness (QED) is 0.865. The van der Waals surface area contributed by atoms with E-state index in [4.69, 9.17) is 0 Å². The van der Waals surface area contributed by atoms with Crippen molar-refractivity contribution in [2.75, 3.05) is 26.7 Å². The Kier molecular flexibility index (Phi) is 5.21. The minimum absolute atomic E-state index is 0.0366. The number of urea groups is 1. The molecule has 1 aliphatic rings. The lowest BCUT2D eigenvalue weighted by molar-refractivity contribution is 0.214. The van der Waals surface area contributed by atoms with Crippen LogP contribution in [0.4, 0.5) is 4.79 Å². The summed E-state index contributed by atoms with van der Waals surface area (Å²) >= 11 is 0. The van der Waals surface area contributed by atoms with Gasteiger partial charge in [0.25, 0.3) is 0 Å². The highest BCUT2D eigenvalue weighted by molar-refractivity contribution is 5.74. The first-order valence-corrected chi connectivity index (χ1v) is 7.01. The SMILES string of the molecule is CN1CCC(NC(=O)NCCc2ccccc2)CC1. The van der Waals surface area contributed by atoms with Gasteiger partial charge in [-0.05, 0) is 45.0 Å². The molecule has 2 rings (SSSR count). The molecule has 0 unspecified atom stereocenters. The highest BCUT2D eigenvalue weighted by Crippen LogP contribution is 2.07. The lowest BCUT2D eigenvalue weighted by atomic mass is 10.1. The molecule has 4 heteroatoms. The minimum Gasteiger partial charge on any atom is -0.338 e. The number of hydrogen-bond acceptors (Lipinski definition) is 2. The number of nitrogens with one attached hydrogen (secondary N) is 2. The van der Waals surface area contributed by atoms with Gasteiger partial charge in [0.15, 0.2) is 0 Å². The van der Waals surface area contributed by atoms with E-state index in [-0.39, 0.29) is 6.03 Å². The molecule has 1 heterocycles. The van der Waals surface area contributed by atoms with Crippen molar-refractivity contribution in [3.63, 3.8) is 0 Å². The molecular formula is C15H23N3O. The van der Waals surface area contributed by atoms with Crippen LogP contribution in [0, 0.1) is 0 Å². The molecule has 104 valence electrons. The predicted octanol–water partition coefficient (Wildman–Crippen LogP) is 1.62. The van der Waals surface area contributed by atoms with Crippen molar-refractivity contribution in [2.24, 2.45) is 0 Å². The van der Waals surface area contributed by atoms with E-state index < -0.39 is 0 Å². The maximum absolute atomic E-state index is 11.7. The molecule has 2 amide bonds. The summed E-state index contributed by atoms with van der Waals surface area (Å²) in [6.45, 7) is 2.81. The van der Waals surface area contributed by atoms with Crippen LogP contribution < -0.4 is 10.6 Å². The van der Waals surface area contributed by atoms with Gasteiger partial charge in [-0.15, -0.1) is 0 Å². The first kappa shape index (κ1) is 13.9. The van der Waals surface area contributed by atoms with Gasteiger partial charge in [0.2, 0.25) is 0 Å². The maximum atomic E-state index is 11.7. The summed E-state index contributed by atoms with van der Waals surface area (Å²) in [5.74, 6) is 0. The van der Waals surface area contributed by atoms with Gasteiger partial charge in [0, 0.05) is 12.6 Å². The molecule has 0 spiro atoms. The topological polar surface area (TPSA) is 44.4 Å². The lowest BCUT2D eigenvalue weighted by Crippen LogP contribution is -2.47. The molecule has 0 radical (unpaired) electrons. The number of nitrogens with zero attached hydrogens (tertiary/aromatic N) is 1. The smallest absolute Gasteiger partial charge is 0.315 e. The lowest BCUT2D eigenvalue weighted by Gasteiger charge is -2.29. The summed E-state index contributed by atoms with van der Waals surface area (Å²) in [7, 11) is 2.12. The minimum atomic E-state index is -0.0366. The molecule has 1 aromatic carbocycles. The van der Waals surface area contributed by atoms with Gasteiger partial charge >= 0.3 is 6.03 Å². The van der Waals surface area contributed by atoms with Crippen LogP contribution in [0.15, 0.2) is 30.3 Å². The van der Waals surface area contributed by atoms with E-state index in [1.807, 2.05) is 18.2 Å². The molecule has 2 N–H and O–H groups in total. The molecule has 1 aromatic rings. The standard InChI is InChI=1S/C15H23N3O/c1-18-11-8-14(9-12-18)17-15(19)16-10-7-13-5-3-2-4-6-13/h2-6,14H,7-12H2,1H3,(H2,16,17,19). The Labute approximate surface area is 115 Å². The van der Waals surface area contributed by atoms with Crippen molar-refractivity contribution in [3.05, 3.63) is 35.9 Å². The van der Waals surface area contributed by atoms with E-state index >= 15 is 0 Å². The number of likely N-dealkylation sites (tertiary alicyclic amines) is 1. The van der Waals surface area contributed by atoms with Gasteiger partial charge < -0.3 is 15.5 Å². The van der Waals surface area contributed by atoms with Crippen molar-refractivity contribution >= 4 is 6.03 Å². The highest BCUT2D eigenvalue weighted by Gasteiger charge is 2.17. The third-order valence-electron chi connectivity index (χ3n) is 3.60. The monoisotopic (exact) mass is 261 g/mol. The van der Waals surface area contributed by atoms with Crippen molar-refractivity contribution in [1.82, 2.24) is 15.5 Å².